The standard InChI is InChI=1S/C12H16N6.HI/c1-13-12(14-2)15-8-11-17-16-9-18(11)10-6-4-3-5-7-10;/h3-7,9H,8H2,1-2H3,(H2,13,14,15);1H. The Morgan fingerprint density at radius 1 is 1.32 bits per heavy atom. The Labute approximate surface area is 129 Å². The third kappa shape index (κ3) is 3.91. The van der Waals surface area contributed by atoms with Gasteiger partial charge in [-0.1, -0.05) is 18.2 Å². The smallest absolute Gasteiger partial charge is 0.191 e. The second kappa shape index (κ2) is 7.72. The SMILES string of the molecule is CN=C(NC)NCc1nncn1-c1ccccc1.I. The molecular formula is C12H17IN6. The molecule has 0 fully saturated rings. The summed E-state index contributed by atoms with van der Waals surface area (Å²) in [5.74, 6) is 1.55. The Bertz CT molecular complexity index is 522. The molecule has 19 heavy (non-hydrogen) atoms. The number of para-hydroxylation sites is 1. The molecule has 0 radical (unpaired) electrons. The van der Waals surface area contributed by atoms with E-state index < -0.39 is 0 Å². The minimum Gasteiger partial charge on any atom is -0.359 e. The monoisotopic (exact) mass is 372 g/mol. The average Bonchev–Trinajstić information content (AvgIpc) is 2.89. The second-order valence-electron chi connectivity index (χ2n) is 3.63. The summed E-state index contributed by atoms with van der Waals surface area (Å²) < 4.78 is 1.94. The minimum absolute atomic E-state index is 0. The highest BCUT2D eigenvalue weighted by molar-refractivity contribution is 14.0. The van der Waals surface area contributed by atoms with Gasteiger partial charge in [-0.25, -0.2) is 0 Å². The molecule has 0 spiro atoms. The summed E-state index contributed by atoms with van der Waals surface area (Å²) >= 11 is 0. The Morgan fingerprint density at radius 2 is 2.05 bits per heavy atom. The molecule has 7 heteroatoms. The van der Waals surface area contributed by atoms with Gasteiger partial charge < -0.3 is 10.6 Å². The van der Waals surface area contributed by atoms with Crippen molar-refractivity contribution in [1.29, 1.82) is 0 Å². The van der Waals surface area contributed by atoms with Crippen LogP contribution in [0.4, 0.5) is 0 Å². The highest BCUT2D eigenvalue weighted by atomic mass is 127. The molecule has 1 heterocycles. The molecule has 2 N–H and O–H groups in total. The number of nitrogens with zero attached hydrogens (tertiary/aromatic N) is 4. The number of benzene rings is 1. The molecule has 102 valence electrons. The van der Waals surface area contributed by atoms with Gasteiger partial charge in [0.25, 0.3) is 0 Å². The number of guanidine groups is 1. The third-order valence-corrected chi connectivity index (χ3v) is 2.53. The molecule has 0 saturated carbocycles. The van der Waals surface area contributed by atoms with Gasteiger partial charge in [0, 0.05) is 19.8 Å². The van der Waals surface area contributed by atoms with E-state index in [0.29, 0.717) is 6.54 Å². The molecule has 0 saturated heterocycles. The molecule has 1 aromatic heterocycles. The number of nitrogens with one attached hydrogen (secondary N) is 2. The normalized spacial score (nSPS) is 10.7. The van der Waals surface area contributed by atoms with Crippen molar-refractivity contribution in [2.75, 3.05) is 14.1 Å². The van der Waals surface area contributed by atoms with E-state index in [1.165, 1.54) is 0 Å². The Kier molecular flexibility index (Phi) is 6.26. The van der Waals surface area contributed by atoms with Crippen LogP contribution in [0.25, 0.3) is 5.69 Å². The van der Waals surface area contributed by atoms with Crippen molar-refractivity contribution in [2.24, 2.45) is 4.99 Å². The summed E-state index contributed by atoms with van der Waals surface area (Å²) in [6.07, 6.45) is 1.70. The van der Waals surface area contributed by atoms with Gasteiger partial charge in [-0.2, -0.15) is 0 Å². The zero-order chi connectivity index (χ0) is 12.8. The van der Waals surface area contributed by atoms with E-state index in [0.717, 1.165) is 17.5 Å². The van der Waals surface area contributed by atoms with E-state index >= 15 is 0 Å². The predicted molar refractivity (Wildman–Crippen MR) is 86.0 cm³/mol. The maximum absolute atomic E-state index is 4.10. The van der Waals surface area contributed by atoms with Crippen molar-refractivity contribution in [3.05, 3.63) is 42.5 Å². The molecule has 0 unspecified atom stereocenters. The van der Waals surface area contributed by atoms with Crippen LogP contribution in [0.2, 0.25) is 0 Å². The predicted octanol–water partition coefficient (Wildman–Crippen LogP) is 1.18. The highest BCUT2D eigenvalue weighted by Crippen LogP contribution is 2.08. The van der Waals surface area contributed by atoms with Crippen LogP contribution in [0.5, 0.6) is 0 Å². The maximum atomic E-state index is 4.10. The average molecular weight is 372 g/mol. The molecule has 0 atom stereocenters. The zero-order valence-electron chi connectivity index (χ0n) is 10.9. The maximum Gasteiger partial charge on any atom is 0.191 e. The van der Waals surface area contributed by atoms with E-state index in [1.54, 1.807) is 13.4 Å². The van der Waals surface area contributed by atoms with Crippen LogP contribution in [-0.4, -0.2) is 34.8 Å². The number of halogens is 1. The van der Waals surface area contributed by atoms with Crippen molar-refractivity contribution in [2.45, 2.75) is 6.54 Å². The van der Waals surface area contributed by atoms with Crippen LogP contribution < -0.4 is 10.6 Å². The van der Waals surface area contributed by atoms with Crippen molar-refractivity contribution in [1.82, 2.24) is 25.4 Å². The van der Waals surface area contributed by atoms with Crippen molar-refractivity contribution in [3.63, 3.8) is 0 Å². The third-order valence-electron chi connectivity index (χ3n) is 2.53. The largest absolute Gasteiger partial charge is 0.359 e. The lowest BCUT2D eigenvalue weighted by Gasteiger charge is -2.09. The number of hydrogen-bond acceptors (Lipinski definition) is 3. The first-order valence-electron chi connectivity index (χ1n) is 5.68. The summed E-state index contributed by atoms with van der Waals surface area (Å²) in [5, 5.41) is 14.1. The summed E-state index contributed by atoms with van der Waals surface area (Å²) in [6, 6.07) is 9.98. The Morgan fingerprint density at radius 3 is 2.68 bits per heavy atom. The number of hydrogen-bond donors (Lipinski definition) is 2. The molecule has 6 nitrogen and oxygen atoms in total. The van der Waals surface area contributed by atoms with E-state index in [-0.39, 0.29) is 24.0 Å². The van der Waals surface area contributed by atoms with Crippen molar-refractivity contribution in [3.8, 4) is 5.69 Å². The van der Waals surface area contributed by atoms with Crippen LogP contribution in [0.3, 0.4) is 0 Å². The fourth-order valence-corrected chi connectivity index (χ4v) is 1.63. The van der Waals surface area contributed by atoms with Gasteiger partial charge in [0.2, 0.25) is 0 Å². The first-order chi connectivity index (χ1) is 8.85. The first-order valence-corrected chi connectivity index (χ1v) is 5.68. The van der Waals surface area contributed by atoms with Gasteiger partial charge >= 0.3 is 0 Å². The van der Waals surface area contributed by atoms with Crippen LogP contribution >= 0.6 is 24.0 Å². The van der Waals surface area contributed by atoms with Gasteiger partial charge in [0.1, 0.15) is 6.33 Å². The van der Waals surface area contributed by atoms with Crippen molar-refractivity contribution < 1.29 is 0 Å². The summed E-state index contributed by atoms with van der Waals surface area (Å²) in [7, 11) is 3.54. The van der Waals surface area contributed by atoms with E-state index in [1.807, 2.05) is 41.9 Å². The van der Waals surface area contributed by atoms with Gasteiger partial charge in [0.05, 0.1) is 6.54 Å². The van der Waals surface area contributed by atoms with Crippen LogP contribution in [0.15, 0.2) is 41.7 Å². The van der Waals surface area contributed by atoms with E-state index in [9.17, 15) is 0 Å². The highest BCUT2D eigenvalue weighted by Gasteiger charge is 2.06. The van der Waals surface area contributed by atoms with Gasteiger partial charge in [-0.3, -0.25) is 9.56 Å². The lowest BCUT2D eigenvalue weighted by Crippen LogP contribution is -2.34. The molecule has 0 aliphatic rings. The lowest BCUT2D eigenvalue weighted by atomic mass is 10.3. The molecular weight excluding hydrogens is 355 g/mol. The van der Waals surface area contributed by atoms with Gasteiger partial charge in [0.15, 0.2) is 11.8 Å². The molecule has 0 bridgehead atoms. The van der Waals surface area contributed by atoms with E-state index in [2.05, 4.69) is 25.8 Å². The van der Waals surface area contributed by atoms with E-state index in [4.69, 9.17) is 0 Å². The summed E-state index contributed by atoms with van der Waals surface area (Å²) in [4.78, 5) is 4.05. The fraction of sp³-hybridized carbons (Fsp3) is 0.250. The first kappa shape index (κ1) is 15.4. The number of aromatic nitrogens is 3. The molecule has 0 amide bonds. The van der Waals surface area contributed by atoms with Crippen LogP contribution in [0, 0.1) is 0 Å². The minimum atomic E-state index is 0. The lowest BCUT2D eigenvalue weighted by molar-refractivity contribution is 0.774. The molecule has 2 aromatic rings. The van der Waals surface area contributed by atoms with Crippen molar-refractivity contribution >= 4 is 29.9 Å². The second-order valence-corrected chi connectivity index (χ2v) is 3.63. The number of aliphatic imine (C=N–C) groups is 1. The topological polar surface area (TPSA) is 67.1 Å². The molecule has 0 aliphatic heterocycles. The summed E-state index contributed by atoms with van der Waals surface area (Å²) in [6.45, 7) is 0.558. The summed E-state index contributed by atoms with van der Waals surface area (Å²) in [5.41, 5.74) is 1.04. The number of rotatable bonds is 3. The Hall–Kier alpha value is -1.64. The molecule has 0 aliphatic carbocycles. The molecule has 2 rings (SSSR count). The Balaban J connectivity index is 0.00000180. The van der Waals surface area contributed by atoms with Gasteiger partial charge in [-0.15, -0.1) is 34.2 Å². The molecule has 1 aromatic carbocycles. The van der Waals surface area contributed by atoms with Crippen LogP contribution in [-0.2, 0) is 6.54 Å². The zero-order valence-corrected chi connectivity index (χ0v) is 13.2. The van der Waals surface area contributed by atoms with Gasteiger partial charge in [-0.05, 0) is 12.1 Å². The fourth-order valence-electron chi connectivity index (χ4n) is 1.63. The quantitative estimate of drug-likeness (QED) is 0.483. The van der Waals surface area contributed by atoms with Crippen LogP contribution in [0.1, 0.15) is 5.82 Å².